The Morgan fingerprint density at radius 1 is 1.32 bits per heavy atom. The van der Waals surface area contributed by atoms with Crippen LogP contribution in [-0.2, 0) is 6.54 Å². The van der Waals surface area contributed by atoms with Gasteiger partial charge in [0.25, 0.3) is 11.5 Å². The van der Waals surface area contributed by atoms with Crippen molar-refractivity contribution in [2.24, 2.45) is 0 Å². The van der Waals surface area contributed by atoms with Gasteiger partial charge in [0.05, 0.1) is 17.2 Å². The number of amides is 1. The summed E-state index contributed by atoms with van der Waals surface area (Å²) in [5, 5.41) is 2.66. The summed E-state index contributed by atoms with van der Waals surface area (Å²) < 4.78 is 5.87. The van der Waals surface area contributed by atoms with Gasteiger partial charge in [-0.25, -0.2) is 4.98 Å². The van der Waals surface area contributed by atoms with Crippen molar-refractivity contribution < 1.29 is 9.53 Å². The van der Waals surface area contributed by atoms with Crippen LogP contribution in [0.2, 0.25) is 5.02 Å². The van der Waals surface area contributed by atoms with E-state index in [1.165, 1.54) is 0 Å². The second-order valence-electron chi connectivity index (χ2n) is 6.61. The standard InChI is InChI=1S/C19H18ClN5O3/c1-21-19(27)15-3-2-12(7-23-15)28-13-9-25(10-13)8-11-4-17-16(22-6-11)5-14(20)18(26)24-17/h2-7,13H,8-10H2,1H3,(H,21,27)(H,24,26). The molecule has 9 heteroatoms. The van der Waals surface area contributed by atoms with E-state index < -0.39 is 0 Å². The van der Waals surface area contributed by atoms with Gasteiger partial charge in [0.2, 0.25) is 0 Å². The average Bonchev–Trinajstić information content (AvgIpc) is 2.67. The summed E-state index contributed by atoms with van der Waals surface area (Å²) in [5.41, 5.74) is 2.36. The second kappa shape index (κ2) is 7.57. The topological polar surface area (TPSA) is 100 Å². The minimum absolute atomic E-state index is 0.0691. The van der Waals surface area contributed by atoms with E-state index in [0.717, 1.165) is 18.7 Å². The predicted octanol–water partition coefficient (Wildman–Crippen LogP) is 1.59. The zero-order valence-corrected chi connectivity index (χ0v) is 15.9. The summed E-state index contributed by atoms with van der Waals surface area (Å²) in [6.45, 7) is 2.25. The Kier molecular flexibility index (Phi) is 4.97. The van der Waals surface area contributed by atoms with E-state index in [4.69, 9.17) is 16.3 Å². The van der Waals surface area contributed by atoms with Gasteiger partial charge in [-0.3, -0.25) is 19.5 Å². The first kappa shape index (κ1) is 18.4. The highest BCUT2D eigenvalue weighted by molar-refractivity contribution is 6.30. The molecule has 1 aliphatic heterocycles. The molecule has 2 N–H and O–H groups in total. The maximum Gasteiger partial charge on any atom is 0.269 e. The van der Waals surface area contributed by atoms with Gasteiger partial charge in [0.1, 0.15) is 22.6 Å². The van der Waals surface area contributed by atoms with Crippen molar-refractivity contribution in [2.45, 2.75) is 12.6 Å². The summed E-state index contributed by atoms with van der Waals surface area (Å²) in [5.74, 6) is 0.410. The fourth-order valence-electron chi connectivity index (χ4n) is 3.08. The largest absolute Gasteiger partial charge is 0.486 e. The molecule has 1 aliphatic rings. The van der Waals surface area contributed by atoms with Crippen LogP contribution in [0, 0.1) is 0 Å². The quantitative estimate of drug-likeness (QED) is 0.675. The third-order valence-corrected chi connectivity index (χ3v) is 4.81. The van der Waals surface area contributed by atoms with Crippen molar-refractivity contribution in [1.82, 2.24) is 25.2 Å². The van der Waals surface area contributed by atoms with E-state index in [2.05, 4.69) is 25.2 Å². The van der Waals surface area contributed by atoms with Crippen LogP contribution < -0.4 is 15.6 Å². The van der Waals surface area contributed by atoms with Crippen LogP contribution in [-0.4, -0.2) is 52.0 Å². The highest BCUT2D eigenvalue weighted by Gasteiger charge is 2.28. The van der Waals surface area contributed by atoms with Gasteiger partial charge in [-0.05, 0) is 29.8 Å². The van der Waals surface area contributed by atoms with Crippen LogP contribution in [0.1, 0.15) is 16.1 Å². The number of H-pyrrole nitrogens is 1. The molecule has 3 aromatic rings. The number of aromatic nitrogens is 3. The molecule has 28 heavy (non-hydrogen) atoms. The Morgan fingerprint density at radius 3 is 2.86 bits per heavy atom. The Labute approximate surface area is 165 Å². The maximum absolute atomic E-state index is 11.7. The van der Waals surface area contributed by atoms with E-state index in [1.54, 1.807) is 37.6 Å². The molecule has 1 fully saturated rings. The van der Waals surface area contributed by atoms with Gasteiger partial charge < -0.3 is 15.0 Å². The third kappa shape index (κ3) is 3.83. The number of carbonyl (C=O) groups excluding carboxylic acids is 1. The van der Waals surface area contributed by atoms with Crippen LogP contribution in [0.15, 0.2) is 41.5 Å². The van der Waals surface area contributed by atoms with Crippen molar-refractivity contribution in [3.63, 3.8) is 0 Å². The molecule has 0 spiro atoms. The summed E-state index contributed by atoms with van der Waals surface area (Å²) in [4.78, 5) is 36.6. The molecule has 0 atom stereocenters. The molecular weight excluding hydrogens is 382 g/mol. The number of nitrogens with one attached hydrogen (secondary N) is 2. The van der Waals surface area contributed by atoms with E-state index in [9.17, 15) is 9.59 Å². The SMILES string of the molecule is CNC(=O)c1ccc(OC2CN(Cc3cnc4cc(Cl)c(=O)[nH]c4c3)C2)cn1. The van der Waals surface area contributed by atoms with Crippen molar-refractivity contribution in [3.05, 3.63) is 63.3 Å². The van der Waals surface area contributed by atoms with Crippen molar-refractivity contribution in [2.75, 3.05) is 20.1 Å². The lowest BCUT2D eigenvalue weighted by atomic mass is 10.1. The lowest BCUT2D eigenvalue weighted by Crippen LogP contribution is -2.53. The van der Waals surface area contributed by atoms with Crippen molar-refractivity contribution in [3.8, 4) is 5.75 Å². The third-order valence-electron chi connectivity index (χ3n) is 4.53. The Hall–Kier alpha value is -2.97. The van der Waals surface area contributed by atoms with Crippen molar-refractivity contribution >= 4 is 28.5 Å². The molecule has 0 bridgehead atoms. The fourth-order valence-corrected chi connectivity index (χ4v) is 3.23. The van der Waals surface area contributed by atoms with E-state index in [0.29, 0.717) is 29.0 Å². The Morgan fingerprint density at radius 2 is 2.14 bits per heavy atom. The first-order chi connectivity index (χ1) is 13.5. The Bertz CT molecular complexity index is 1080. The summed E-state index contributed by atoms with van der Waals surface area (Å²) in [6.07, 6.45) is 3.41. The number of rotatable bonds is 5. The molecule has 0 aliphatic carbocycles. The molecule has 4 heterocycles. The second-order valence-corrected chi connectivity index (χ2v) is 7.02. The number of hydrogen-bond acceptors (Lipinski definition) is 6. The number of hydrogen-bond donors (Lipinski definition) is 2. The smallest absolute Gasteiger partial charge is 0.269 e. The molecule has 3 aromatic heterocycles. The molecule has 4 rings (SSSR count). The van der Waals surface area contributed by atoms with Gasteiger partial charge in [-0.15, -0.1) is 0 Å². The van der Waals surface area contributed by atoms with Gasteiger partial charge in [-0.1, -0.05) is 11.6 Å². The van der Waals surface area contributed by atoms with Gasteiger partial charge in [-0.2, -0.15) is 0 Å². The summed E-state index contributed by atoms with van der Waals surface area (Å²) in [6, 6.07) is 6.86. The van der Waals surface area contributed by atoms with E-state index in [-0.39, 0.29) is 22.6 Å². The number of ether oxygens (including phenoxy) is 1. The zero-order valence-electron chi connectivity index (χ0n) is 15.1. The highest BCUT2D eigenvalue weighted by Crippen LogP contribution is 2.20. The van der Waals surface area contributed by atoms with Crippen LogP contribution in [0.3, 0.4) is 0 Å². The molecule has 8 nitrogen and oxygen atoms in total. The van der Waals surface area contributed by atoms with Crippen LogP contribution >= 0.6 is 11.6 Å². The monoisotopic (exact) mass is 399 g/mol. The minimum atomic E-state index is -0.318. The first-order valence-corrected chi connectivity index (χ1v) is 9.14. The maximum atomic E-state index is 11.7. The number of nitrogens with zero attached hydrogens (tertiary/aromatic N) is 3. The predicted molar refractivity (Wildman–Crippen MR) is 105 cm³/mol. The lowest BCUT2D eigenvalue weighted by Gasteiger charge is -2.38. The van der Waals surface area contributed by atoms with Crippen LogP contribution in [0.5, 0.6) is 5.75 Å². The fraction of sp³-hybridized carbons (Fsp3) is 0.263. The Balaban J connectivity index is 1.33. The van der Waals surface area contributed by atoms with E-state index in [1.807, 2.05) is 6.07 Å². The molecule has 0 saturated carbocycles. The van der Waals surface area contributed by atoms with Crippen molar-refractivity contribution in [1.29, 1.82) is 0 Å². The molecule has 0 aromatic carbocycles. The molecular formula is C19H18ClN5O3. The number of aromatic amines is 1. The zero-order chi connectivity index (χ0) is 19.7. The summed E-state index contributed by atoms with van der Waals surface area (Å²) in [7, 11) is 1.56. The number of carbonyl (C=O) groups is 1. The summed E-state index contributed by atoms with van der Waals surface area (Å²) >= 11 is 5.83. The first-order valence-electron chi connectivity index (χ1n) is 8.76. The number of halogens is 1. The van der Waals surface area contributed by atoms with Gasteiger partial charge >= 0.3 is 0 Å². The molecule has 0 radical (unpaired) electrons. The number of likely N-dealkylation sites (tertiary alicyclic amines) is 1. The van der Waals surface area contributed by atoms with Crippen LogP contribution in [0.25, 0.3) is 11.0 Å². The molecule has 1 amide bonds. The van der Waals surface area contributed by atoms with E-state index >= 15 is 0 Å². The minimum Gasteiger partial charge on any atom is -0.486 e. The highest BCUT2D eigenvalue weighted by atomic mass is 35.5. The molecule has 1 saturated heterocycles. The van der Waals surface area contributed by atoms with Gasteiger partial charge in [0, 0.05) is 32.9 Å². The molecule has 0 unspecified atom stereocenters. The van der Waals surface area contributed by atoms with Gasteiger partial charge in [0.15, 0.2) is 0 Å². The molecule has 144 valence electrons. The van der Waals surface area contributed by atoms with Crippen LogP contribution in [0.4, 0.5) is 0 Å². The number of pyridine rings is 3. The normalized spacial score (nSPS) is 14.6. The lowest BCUT2D eigenvalue weighted by molar-refractivity contribution is 0.0143. The average molecular weight is 400 g/mol. The number of fused-ring (bicyclic) bond motifs is 1.